The minimum Gasteiger partial charge on any atom is -0.351 e. The maximum Gasteiger partial charge on any atom is 0.317 e. The highest BCUT2D eigenvalue weighted by Crippen LogP contribution is 2.29. The van der Waals surface area contributed by atoms with Crippen LogP contribution in [0.4, 0.5) is 10.6 Å². The fourth-order valence-electron chi connectivity index (χ4n) is 2.90. The maximum atomic E-state index is 12.5. The predicted molar refractivity (Wildman–Crippen MR) is 81.5 cm³/mol. The molecule has 3 N–H and O–H groups in total. The lowest BCUT2D eigenvalue weighted by Crippen LogP contribution is -2.23. The van der Waals surface area contributed by atoms with E-state index in [0.29, 0.717) is 6.42 Å². The van der Waals surface area contributed by atoms with E-state index in [4.69, 9.17) is 5.73 Å². The Morgan fingerprint density at radius 1 is 1.14 bits per heavy atom. The van der Waals surface area contributed by atoms with Crippen molar-refractivity contribution in [3.63, 3.8) is 0 Å². The largest absolute Gasteiger partial charge is 0.351 e. The van der Waals surface area contributed by atoms with Crippen LogP contribution in [-0.4, -0.2) is 21.8 Å². The van der Waals surface area contributed by atoms with Crippen molar-refractivity contribution in [1.82, 2.24) is 9.97 Å². The van der Waals surface area contributed by atoms with Gasteiger partial charge in [0.25, 0.3) is 0 Å². The van der Waals surface area contributed by atoms with Crippen molar-refractivity contribution in [2.75, 3.05) is 5.32 Å². The smallest absolute Gasteiger partial charge is 0.317 e. The number of carbonyl (C=O) groups excluding carboxylic acids is 2. The van der Waals surface area contributed by atoms with E-state index in [1.807, 2.05) is 12.1 Å². The number of anilines is 1. The van der Waals surface area contributed by atoms with Gasteiger partial charge in [0.2, 0.25) is 0 Å². The summed E-state index contributed by atoms with van der Waals surface area (Å²) in [6.07, 6.45) is 5.00. The average Bonchev–Trinajstić information content (AvgIpc) is 2.89. The number of primary amides is 1. The number of amides is 2. The first-order chi connectivity index (χ1) is 10.6. The molecule has 1 aliphatic carbocycles. The number of carbonyl (C=O) groups is 2. The lowest BCUT2D eigenvalue weighted by atomic mass is 9.98. The van der Waals surface area contributed by atoms with E-state index in [0.717, 1.165) is 12.8 Å². The number of nitrogens with two attached hydrogens (primary N) is 1. The maximum absolute atomic E-state index is 12.5. The highest BCUT2D eigenvalue weighted by atomic mass is 16.2. The van der Waals surface area contributed by atoms with Crippen LogP contribution in [0.25, 0.3) is 0 Å². The molecule has 6 heteroatoms. The van der Waals surface area contributed by atoms with Gasteiger partial charge in [0.05, 0.1) is 0 Å². The number of Topliss-reactive ketones (excluding diaryl/α,β-unsaturated/α-hetero) is 1. The van der Waals surface area contributed by atoms with E-state index in [1.165, 1.54) is 23.5 Å². The fourth-order valence-corrected chi connectivity index (χ4v) is 2.90. The standard InChI is InChI=1S/C16H16N4O2/c17-16(22)20-15-14(18-5-6-19-15)13(21)9-10-7-11-3-1-2-4-12(11)8-10/h1-6,10H,7-9H2,(H3,17,19,20,22). The second-order valence-corrected chi connectivity index (χ2v) is 5.41. The third-order valence-electron chi connectivity index (χ3n) is 3.81. The normalized spacial score (nSPS) is 13.6. The Morgan fingerprint density at radius 3 is 2.41 bits per heavy atom. The van der Waals surface area contributed by atoms with Gasteiger partial charge in [-0.25, -0.2) is 14.8 Å². The summed E-state index contributed by atoms with van der Waals surface area (Å²) < 4.78 is 0. The van der Waals surface area contributed by atoms with Gasteiger partial charge in [0, 0.05) is 18.8 Å². The van der Waals surface area contributed by atoms with E-state index in [1.54, 1.807) is 0 Å². The van der Waals surface area contributed by atoms with Crippen molar-refractivity contribution < 1.29 is 9.59 Å². The molecule has 0 unspecified atom stereocenters. The Balaban J connectivity index is 1.72. The molecule has 6 nitrogen and oxygen atoms in total. The molecule has 0 spiro atoms. The summed E-state index contributed by atoms with van der Waals surface area (Å²) in [6.45, 7) is 0. The zero-order valence-electron chi connectivity index (χ0n) is 12.0. The number of urea groups is 1. The molecule has 112 valence electrons. The fraction of sp³-hybridized carbons (Fsp3) is 0.250. The van der Waals surface area contributed by atoms with E-state index >= 15 is 0 Å². The van der Waals surface area contributed by atoms with Gasteiger partial charge in [-0.05, 0) is 29.9 Å². The monoisotopic (exact) mass is 296 g/mol. The van der Waals surface area contributed by atoms with E-state index < -0.39 is 6.03 Å². The quantitative estimate of drug-likeness (QED) is 0.842. The average molecular weight is 296 g/mol. The second kappa shape index (κ2) is 5.93. The lowest BCUT2D eigenvalue weighted by molar-refractivity contribution is 0.0958. The highest BCUT2D eigenvalue weighted by Gasteiger charge is 2.25. The molecule has 0 atom stereocenters. The minimum atomic E-state index is -0.761. The van der Waals surface area contributed by atoms with Crippen LogP contribution in [0.3, 0.4) is 0 Å². The van der Waals surface area contributed by atoms with Crippen molar-refractivity contribution in [3.05, 3.63) is 53.5 Å². The molecule has 0 saturated carbocycles. The van der Waals surface area contributed by atoms with Crippen LogP contribution in [0.1, 0.15) is 28.0 Å². The molecular weight excluding hydrogens is 280 g/mol. The predicted octanol–water partition coefficient (Wildman–Crippen LogP) is 1.96. The molecule has 2 aromatic rings. The molecule has 1 heterocycles. The Morgan fingerprint density at radius 2 is 1.77 bits per heavy atom. The van der Waals surface area contributed by atoms with Crippen molar-refractivity contribution in [3.8, 4) is 0 Å². The number of benzene rings is 1. The SMILES string of the molecule is NC(=O)Nc1nccnc1C(=O)CC1Cc2ccccc2C1. The molecule has 0 aliphatic heterocycles. The van der Waals surface area contributed by atoms with E-state index in [-0.39, 0.29) is 23.2 Å². The van der Waals surface area contributed by atoms with Crippen molar-refractivity contribution >= 4 is 17.6 Å². The zero-order chi connectivity index (χ0) is 15.5. The van der Waals surface area contributed by atoms with Gasteiger partial charge in [-0.3, -0.25) is 10.1 Å². The third-order valence-corrected chi connectivity index (χ3v) is 3.81. The molecule has 22 heavy (non-hydrogen) atoms. The van der Waals surface area contributed by atoms with Crippen LogP contribution in [0.15, 0.2) is 36.7 Å². The third kappa shape index (κ3) is 2.95. The lowest BCUT2D eigenvalue weighted by Gasteiger charge is -2.10. The molecular formula is C16H16N4O2. The molecule has 0 saturated heterocycles. The van der Waals surface area contributed by atoms with Gasteiger partial charge in [-0.1, -0.05) is 24.3 Å². The van der Waals surface area contributed by atoms with Gasteiger partial charge in [-0.2, -0.15) is 0 Å². The second-order valence-electron chi connectivity index (χ2n) is 5.41. The zero-order valence-corrected chi connectivity index (χ0v) is 12.0. The number of aromatic nitrogens is 2. The van der Waals surface area contributed by atoms with Crippen LogP contribution < -0.4 is 11.1 Å². The topological polar surface area (TPSA) is 98.0 Å². The van der Waals surface area contributed by atoms with Crippen molar-refractivity contribution in [2.24, 2.45) is 11.7 Å². The van der Waals surface area contributed by atoms with Crippen molar-refractivity contribution in [2.45, 2.75) is 19.3 Å². The van der Waals surface area contributed by atoms with Crippen LogP contribution in [-0.2, 0) is 12.8 Å². The molecule has 2 amide bonds. The Labute approximate surface area is 127 Å². The van der Waals surface area contributed by atoms with Gasteiger partial charge in [0.1, 0.15) is 5.69 Å². The van der Waals surface area contributed by atoms with Gasteiger partial charge < -0.3 is 5.73 Å². The van der Waals surface area contributed by atoms with Crippen LogP contribution in [0, 0.1) is 5.92 Å². The molecule has 0 fully saturated rings. The first-order valence-corrected chi connectivity index (χ1v) is 7.11. The summed E-state index contributed by atoms with van der Waals surface area (Å²) in [7, 11) is 0. The van der Waals surface area contributed by atoms with Gasteiger partial charge >= 0.3 is 6.03 Å². The summed E-state index contributed by atoms with van der Waals surface area (Å²) in [5, 5.41) is 2.34. The van der Waals surface area contributed by atoms with E-state index in [2.05, 4.69) is 27.4 Å². The molecule has 0 radical (unpaired) electrons. The number of hydrogen-bond donors (Lipinski definition) is 2. The van der Waals surface area contributed by atoms with E-state index in [9.17, 15) is 9.59 Å². The molecule has 1 aromatic heterocycles. The minimum absolute atomic E-state index is 0.121. The first kappa shape index (κ1) is 14.2. The summed E-state index contributed by atoms with van der Waals surface area (Å²) in [4.78, 5) is 31.4. The number of fused-ring (bicyclic) bond motifs is 1. The molecule has 3 rings (SSSR count). The van der Waals surface area contributed by atoms with Crippen LogP contribution >= 0.6 is 0 Å². The number of rotatable bonds is 4. The number of hydrogen-bond acceptors (Lipinski definition) is 4. The Hall–Kier alpha value is -2.76. The first-order valence-electron chi connectivity index (χ1n) is 7.11. The van der Waals surface area contributed by atoms with Crippen LogP contribution in [0.5, 0.6) is 0 Å². The number of nitrogens with zero attached hydrogens (tertiary/aromatic N) is 2. The molecule has 1 aromatic carbocycles. The van der Waals surface area contributed by atoms with Crippen LogP contribution in [0.2, 0.25) is 0 Å². The summed E-state index contributed by atoms with van der Waals surface area (Å²) in [5.74, 6) is 0.249. The number of nitrogens with one attached hydrogen (secondary N) is 1. The molecule has 1 aliphatic rings. The molecule has 0 bridgehead atoms. The van der Waals surface area contributed by atoms with Crippen molar-refractivity contribution in [1.29, 1.82) is 0 Å². The Kier molecular flexibility index (Phi) is 3.82. The van der Waals surface area contributed by atoms with Gasteiger partial charge in [0.15, 0.2) is 11.6 Å². The number of ketones is 1. The Bertz CT molecular complexity index is 705. The summed E-state index contributed by atoms with van der Waals surface area (Å²) in [6, 6.07) is 7.47. The summed E-state index contributed by atoms with van der Waals surface area (Å²) in [5.41, 5.74) is 7.85. The highest BCUT2D eigenvalue weighted by molar-refractivity contribution is 6.01. The van der Waals surface area contributed by atoms with Gasteiger partial charge in [-0.15, -0.1) is 0 Å². The summed E-state index contributed by atoms with van der Waals surface area (Å²) >= 11 is 0.